The van der Waals surface area contributed by atoms with E-state index in [4.69, 9.17) is 5.73 Å². The van der Waals surface area contributed by atoms with E-state index in [0.717, 1.165) is 12.1 Å². The number of fused-ring (bicyclic) bond motifs is 1. The molecular formula is C17H28N2O. The molecule has 112 valence electrons. The Kier molecular flexibility index (Phi) is 4.01. The van der Waals surface area contributed by atoms with Crippen molar-refractivity contribution in [3.05, 3.63) is 34.7 Å². The number of hydrogen-bond acceptors (Lipinski definition) is 3. The molecule has 3 N–H and O–H groups in total. The smallest absolute Gasteiger partial charge is 0.0711 e. The van der Waals surface area contributed by atoms with Gasteiger partial charge in [0.1, 0.15) is 0 Å². The number of hydrogen-bond donors (Lipinski definition) is 2. The van der Waals surface area contributed by atoms with Crippen LogP contribution < -0.4 is 5.73 Å². The second-order valence-corrected chi connectivity index (χ2v) is 6.40. The molecule has 1 aliphatic carbocycles. The van der Waals surface area contributed by atoms with Gasteiger partial charge < -0.3 is 15.7 Å². The van der Waals surface area contributed by atoms with Gasteiger partial charge in [0, 0.05) is 29.4 Å². The standard InChI is InChI=1S/C17H28N2O/c1-6-13-12(4)19(9-10-20)17(5)14(11(2)3)7-8-15(18)16(13)17/h7-8,11,14,20H,6,9-10,18H2,1-5H3/t14?,17-/m1/s1. The van der Waals surface area contributed by atoms with Gasteiger partial charge in [0.25, 0.3) is 0 Å². The molecule has 0 aromatic heterocycles. The van der Waals surface area contributed by atoms with Gasteiger partial charge in [0.2, 0.25) is 0 Å². The van der Waals surface area contributed by atoms with E-state index in [1.54, 1.807) is 0 Å². The van der Waals surface area contributed by atoms with Crippen LogP contribution in [-0.4, -0.2) is 28.7 Å². The van der Waals surface area contributed by atoms with Crippen molar-refractivity contribution in [2.75, 3.05) is 13.2 Å². The minimum Gasteiger partial charge on any atom is -0.398 e. The molecule has 0 bridgehead atoms. The monoisotopic (exact) mass is 276 g/mol. The van der Waals surface area contributed by atoms with Crippen LogP contribution in [0.1, 0.15) is 41.0 Å². The van der Waals surface area contributed by atoms with Crippen LogP contribution in [0.2, 0.25) is 0 Å². The maximum atomic E-state index is 9.47. The lowest BCUT2D eigenvalue weighted by Gasteiger charge is -2.47. The molecule has 1 heterocycles. The molecule has 2 atom stereocenters. The summed E-state index contributed by atoms with van der Waals surface area (Å²) < 4.78 is 0. The number of nitrogens with two attached hydrogens (primary N) is 1. The van der Waals surface area contributed by atoms with Crippen LogP contribution in [0.4, 0.5) is 0 Å². The molecule has 20 heavy (non-hydrogen) atoms. The van der Waals surface area contributed by atoms with E-state index < -0.39 is 0 Å². The van der Waals surface area contributed by atoms with Crippen LogP contribution in [0.5, 0.6) is 0 Å². The Morgan fingerprint density at radius 1 is 1.45 bits per heavy atom. The first-order valence-corrected chi connectivity index (χ1v) is 7.66. The zero-order valence-electron chi connectivity index (χ0n) is 13.4. The highest BCUT2D eigenvalue weighted by Gasteiger charge is 2.50. The van der Waals surface area contributed by atoms with E-state index in [9.17, 15) is 5.11 Å². The van der Waals surface area contributed by atoms with Crippen LogP contribution in [0.3, 0.4) is 0 Å². The Bertz CT molecular complexity index is 487. The van der Waals surface area contributed by atoms with Gasteiger partial charge in [-0.2, -0.15) is 0 Å². The summed E-state index contributed by atoms with van der Waals surface area (Å²) in [7, 11) is 0. The number of aliphatic hydroxyl groups excluding tert-OH is 1. The van der Waals surface area contributed by atoms with Gasteiger partial charge in [-0.3, -0.25) is 0 Å². The fourth-order valence-corrected chi connectivity index (χ4v) is 4.23. The van der Waals surface area contributed by atoms with Gasteiger partial charge in [-0.05, 0) is 37.8 Å². The van der Waals surface area contributed by atoms with Crippen LogP contribution in [0.15, 0.2) is 34.7 Å². The third-order valence-corrected chi connectivity index (χ3v) is 5.03. The Balaban J connectivity index is 2.62. The number of aliphatic hydroxyl groups is 1. The molecule has 1 unspecified atom stereocenters. The number of rotatable bonds is 4. The van der Waals surface area contributed by atoms with Gasteiger partial charge in [0.15, 0.2) is 0 Å². The quantitative estimate of drug-likeness (QED) is 0.830. The van der Waals surface area contributed by atoms with Crippen LogP contribution in [0, 0.1) is 11.8 Å². The molecule has 0 radical (unpaired) electrons. The fourth-order valence-electron chi connectivity index (χ4n) is 4.23. The van der Waals surface area contributed by atoms with E-state index in [1.165, 1.54) is 16.8 Å². The van der Waals surface area contributed by atoms with E-state index in [0.29, 0.717) is 18.4 Å². The van der Waals surface area contributed by atoms with Gasteiger partial charge in [0.05, 0.1) is 12.1 Å². The molecule has 0 spiro atoms. The van der Waals surface area contributed by atoms with Crippen LogP contribution in [0.25, 0.3) is 0 Å². The Morgan fingerprint density at radius 2 is 2.10 bits per heavy atom. The van der Waals surface area contributed by atoms with Crippen molar-refractivity contribution >= 4 is 0 Å². The summed E-state index contributed by atoms with van der Waals surface area (Å²) in [6.45, 7) is 12.0. The number of nitrogens with zero attached hydrogens (tertiary/aromatic N) is 1. The molecule has 0 saturated carbocycles. The van der Waals surface area contributed by atoms with Crippen molar-refractivity contribution < 1.29 is 5.11 Å². The molecule has 0 aromatic rings. The summed E-state index contributed by atoms with van der Waals surface area (Å²) in [4.78, 5) is 2.36. The van der Waals surface area contributed by atoms with E-state index in [1.807, 2.05) is 0 Å². The molecule has 0 saturated heterocycles. The zero-order chi connectivity index (χ0) is 15.1. The topological polar surface area (TPSA) is 49.5 Å². The zero-order valence-corrected chi connectivity index (χ0v) is 13.4. The Labute approximate surface area is 122 Å². The number of β-amino-alcohol motifs (C(OH)–C–C–N with tert-alkyl or cyclic N) is 1. The van der Waals surface area contributed by atoms with E-state index in [-0.39, 0.29) is 12.1 Å². The summed E-state index contributed by atoms with van der Waals surface area (Å²) >= 11 is 0. The molecule has 3 heteroatoms. The lowest BCUT2D eigenvalue weighted by molar-refractivity contribution is 0.103. The van der Waals surface area contributed by atoms with Crippen molar-refractivity contribution in [3.63, 3.8) is 0 Å². The summed E-state index contributed by atoms with van der Waals surface area (Å²) in [6.07, 6.45) is 5.31. The largest absolute Gasteiger partial charge is 0.398 e. The summed E-state index contributed by atoms with van der Waals surface area (Å²) in [5, 5.41) is 9.47. The first-order chi connectivity index (χ1) is 9.39. The lowest BCUT2D eigenvalue weighted by atomic mass is 9.69. The van der Waals surface area contributed by atoms with Crippen molar-refractivity contribution in [2.24, 2.45) is 17.6 Å². The van der Waals surface area contributed by atoms with Crippen LogP contribution in [-0.2, 0) is 0 Å². The van der Waals surface area contributed by atoms with E-state index in [2.05, 4.69) is 51.7 Å². The van der Waals surface area contributed by atoms with E-state index >= 15 is 0 Å². The third kappa shape index (κ3) is 1.91. The van der Waals surface area contributed by atoms with Gasteiger partial charge >= 0.3 is 0 Å². The van der Waals surface area contributed by atoms with Crippen molar-refractivity contribution in [1.82, 2.24) is 4.90 Å². The molecule has 0 fully saturated rings. The molecule has 1 aliphatic heterocycles. The van der Waals surface area contributed by atoms with Crippen molar-refractivity contribution in [2.45, 2.75) is 46.6 Å². The fraction of sp³-hybridized carbons (Fsp3) is 0.647. The highest BCUT2D eigenvalue weighted by atomic mass is 16.3. The molecular weight excluding hydrogens is 248 g/mol. The normalized spacial score (nSPS) is 29.8. The molecule has 0 amide bonds. The van der Waals surface area contributed by atoms with Crippen LogP contribution >= 0.6 is 0 Å². The minimum absolute atomic E-state index is 0.120. The molecule has 3 nitrogen and oxygen atoms in total. The molecule has 0 aromatic carbocycles. The first-order valence-electron chi connectivity index (χ1n) is 7.66. The summed E-state index contributed by atoms with van der Waals surface area (Å²) in [5.74, 6) is 0.944. The van der Waals surface area contributed by atoms with Gasteiger partial charge in [-0.1, -0.05) is 26.8 Å². The lowest BCUT2D eigenvalue weighted by Crippen LogP contribution is -2.52. The maximum absolute atomic E-state index is 9.47. The summed E-state index contributed by atoms with van der Waals surface area (Å²) in [6, 6.07) is 0. The Hall–Kier alpha value is -1.22. The SMILES string of the molecule is CCC1=C(C)N(CCO)[C@@]2(C)C1=C(N)C=CC2C(C)C. The first kappa shape index (κ1) is 15.2. The molecule has 2 rings (SSSR count). The second kappa shape index (κ2) is 5.28. The average molecular weight is 276 g/mol. The highest BCUT2D eigenvalue weighted by molar-refractivity contribution is 5.56. The Morgan fingerprint density at radius 3 is 2.60 bits per heavy atom. The van der Waals surface area contributed by atoms with Crippen molar-refractivity contribution in [1.29, 1.82) is 0 Å². The van der Waals surface area contributed by atoms with Gasteiger partial charge in [-0.15, -0.1) is 0 Å². The average Bonchev–Trinajstić information content (AvgIpc) is 2.60. The number of allylic oxidation sites excluding steroid dienone is 2. The van der Waals surface area contributed by atoms with Crippen molar-refractivity contribution in [3.8, 4) is 0 Å². The summed E-state index contributed by atoms with van der Waals surface area (Å²) in [5.41, 5.74) is 11.0. The predicted octanol–water partition coefficient (Wildman–Crippen LogP) is 2.79. The predicted molar refractivity (Wildman–Crippen MR) is 83.9 cm³/mol. The molecule has 2 aliphatic rings. The van der Waals surface area contributed by atoms with Gasteiger partial charge in [-0.25, -0.2) is 0 Å². The second-order valence-electron chi connectivity index (χ2n) is 6.40. The minimum atomic E-state index is -0.120. The highest BCUT2D eigenvalue weighted by Crippen LogP contribution is 2.51. The third-order valence-electron chi connectivity index (χ3n) is 5.03. The maximum Gasteiger partial charge on any atom is 0.0711 e.